The van der Waals surface area contributed by atoms with Gasteiger partial charge in [-0.3, -0.25) is 0 Å². The van der Waals surface area contributed by atoms with Crippen molar-refractivity contribution in [3.05, 3.63) is 47.3 Å². The minimum absolute atomic E-state index is 0.299. The summed E-state index contributed by atoms with van der Waals surface area (Å²) in [5.41, 5.74) is 1.38. The third kappa shape index (κ3) is 1.95. The van der Waals surface area contributed by atoms with Gasteiger partial charge in [-0.25, -0.2) is 4.39 Å². The second-order valence-electron chi connectivity index (χ2n) is 3.23. The van der Waals surface area contributed by atoms with Crippen molar-refractivity contribution in [1.29, 1.82) is 0 Å². The molecule has 0 aliphatic rings. The van der Waals surface area contributed by atoms with E-state index in [1.165, 1.54) is 0 Å². The van der Waals surface area contributed by atoms with Crippen LogP contribution < -0.4 is 0 Å². The van der Waals surface area contributed by atoms with Crippen molar-refractivity contribution < 1.29 is 9.50 Å². The fourth-order valence-electron chi connectivity index (χ4n) is 1.15. The normalized spacial score (nSPS) is 12.6. The van der Waals surface area contributed by atoms with Gasteiger partial charge in [0.1, 0.15) is 11.9 Å². The van der Waals surface area contributed by atoms with Crippen LogP contribution in [0.4, 0.5) is 4.39 Å². The number of aliphatic hydroxyl groups is 1. The molecule has 0 saturated heterocycles. The average Bonchev–Trinajstić information content (AvgIpc) is 2.08. The molecule has 13 heavy (non-hydrogen) atoms. The highest BCUT2D eigenvalue weighted by molar-refractivity contribution is 5.30. The third-order valence-electron chi connectivity index (χ3n) is 1.98. The number of benzene rings is 1. The molecule has 0 aliphatic carbocycles. The van der Waals surface area contributed by atoms with E-state index in [2.05, 4.69) is 6.58 Å². The zero-order valence-electron chi connectivity index (χ0n) is 7.84. The van der Waals surface area contributed by atoms with Crippen molar-refractivity contribution in [2.75, 3.05) is 0 Å². The van der Waals surface area contributed by atoms with Crippen molar-refractivity contribution in [1.82, 2.24) is 0 Å². The van der Waals surface area contributed by atoms with Gasteiger partial charge in [-0.15, -0.1) is 0 Å². The van der Waals surface area contributed by atoms with Gasteiger partial charge >= 0.3 is 0 Å². The lowest BCUT2D eigenvalue weighted by Crippen LogP contribution is -2.02. The number of hydrogen-bond donors (Lipinski definition) is 1. The van der Waals surface area contributed by atoms with Crippen LogP contribution in [0.3, 0.4) is 0 Å². The predicted molar refractivity (Wildman–Crippen MR) is 50.9 cm³/mol. The Labute approximate surface area is 77.5 Å². The molecule has 0 fully saturated rings. The molecule has 2 heteroatoms. The molecule has 0 heterocycles. The summed E-state index contributed by atoms with van der Waals surface area (Å²) < 4.78 is 13.4. The molecule has 0 aromatic heterocycles. The molecule has 1 rings (SSSR count). The molecule has 0 amide bonds. The molecular weight excluding hydrogens is 167 g/mol. The van der Waals surface area contributed by atoms with E-state index in [-0.39, 0.29) is 5.82 Å². The maximum absolute atomic E-state index is 13.4. The second-order valence-corrected chi connectivity index (χ2v) is 3.23. The molecule has 0 radical (unpaired) electrons. The molecule has 1 aromatic rings. The lowest BCUT2D eigenvalue weighted by atomic mass is 10.0. The molecule has 1 unspecified atom stereocenters. The molecule has 1 atom stereocenters. The Bertz CT molecular complexity index is 331. The van der Waals surface area contributed by atoms with Gasteiger partial charge < -0.3 is 5.11 Å². The van der Waals surface area contributed by atoms with Crippen molar-refractivity contribution in [2.45, 2.75) is 20.0 Å². The SMILES string of the molecule is C=C(C)C(O)c1cccc(C)c1F. The zero-order valence-corrected chi connectivity index (χ0v) is 7.84. The van der Waals surface area contributed by atoms with Gasteiger partial charge in [0.15, 0.2) is 0 Å². The van der Waals surface area contributed by atoms with Crippen LogP contribution in [0.5, 0.6) is 0 Å². The summed E-state index contributed by atoms with van der Waals surface area (Å²) in [7, 11) is 0. The molecule has 1 nitrogen and oxygen atoms in total. The summed E-state index contributed by atoms with van der Waals surface area (Å²) in [4.78, 5) is 0. The van der Waals surface area contributed by atoms with Crippen LogP contribution in [-0.2, 0) is 0 Å². The van der Waals surface area contributed by atoms with E-state index in [1.54, 1.807) is 32.0 Å². The smallest absolute Gasteiger partial charge is 0.132 e. The first-order chi connectivity index (χ1) is 6.04. The molecule has 1 N–H and O–H groups in total. The summed E-state index contributed by atoms with van der Waals surface area (Å²) >= 11 is 0. The molecule has 70 valence electrons. The summed E-state index contributed by atoms with van der Waals surface area (Å²) in [5.74, 6) is -0.349. The van der Waals surface area contributed by atoms with Crippen LogP contribution in [-0.4, -0.2) is 5.11 Å². The molecule has 1 aromatic carbocycles. The summed E-state index contributed by atoms with van der Waals surface area (Å²) in [6.07, 6.45) is -0.903. The van der Waals surface area contributed by atoms with Crippen LogP contribution in [0.25, 0.3) is 0 Å². The average molecular weight is 180 g/mol. The van der Waals surface area contributed by atoms with Gasteiger partial charge in [-0.2, -0.15) is 0 Å². The van der Waals surface area contributed by atoms with E-state index in [1.807, 2.05) is 0 Å². The van der Waals surface area contributed by atoms with E-state index < -0.39 is 6.10 Å². The minimum Gasteiger partial charge on any atom is -0.384 e. The van der Waals surface area contributed by atoms with Crippen molar-refractivity contribution >= 4 is 0 Å². The maximum Gasteiger partial charge on any atom is 0.132 e. The molecule has 0 spiro atoms. The number of aliphatic hydroxyl groups excluding tert-OH is 1. The van der Waals surface area contributed by atoms with Crippen LogP contribution >= 0.6 is 0 Å². The Morgan fingerprint density at radius 3 is 2.69 bits per heavy atom. The van der Waals surface area contributed by atoms with Gasteiger partial charge in [0.2, 0.25) is 0 Å². The first-order valence-corrected chi connectivity index (χ1v) is 4.12. The van der Waals surface area contributed by atoms with E-state index in [0.29, 0.717) is 16.7 Å². The van der Waals surface area contributed by atoms with Gasteiger partial charge in [0.05, 0.1) is 0 Å². The Balaban J connectivity index is 3.15. The van der Waals surface area contributed by atoms with Crippen molar-refractivity contribution in [2.24, 2.45) is 0 Å². The van der Waals surface area contributed by atoms with Crippen LogP contribution in [0.15, 0.2) is 30.4 Å². The Morgan fingerprint density at radius 2 is 2.15 bits per heavy atom. The highest BCUT2D eigenvalue weighted by atomic mass is 19.1. The molecule has 0 bridgehead atoms. The standard InChI is InChI=1S/C11H13FO/c1-7(2)11(13)9-6-4-5-8(3)10(9)12/h4-6,11,13H,1H2,2-3H3. The number of aryl methyl sites for hydroxylation is 1. The summed E-state index contributed by atoms with van der Waals surface area (Å²) in [5, 5.41) is 9.56. The van der Waals surface area contributed by atoms with Gasteiger partial charge in [-0.1, -0.05) is 24.8 Å². The van der Waals surface area contributed by atoms with Gasteiger partial charge in [0, 0.05) is 5.56 Å². The van der Waals surface area contributed by atoms with Crippen LogP contribution in [0.2, 0.25) is 0 Å². The number of halogens is 1. The quantitative estimate of drug-likeness (QED) is 0.694. The monoisotopic (exact) mass is 180 g/mol. The highest BCUT2D eigenvalue weighted by Crippen LogP contribution is 2.23. The Kier molecular flexibility index (Phi) is 2.83. The van der Waals surface area contributed by atoms with E-state index in [9.17, 15) is 9.50 Å². The van der Waals surface area contributed by atoms with E-state index in [0.717, 1.165) is 0 Å². The molecule has 0 aliphatic heterocycles. The second kappa shape index (κ2) is 3.71. The predicted octanol–water partition coefficient (Wildman–Crippen LogP) is 2.74. The van der Waals surface area contributed by atoms with E-state index in [4.69, 9.17) is 0 Å². The summed E-state index contributed by atoms with van der Waals surface area (Å²) in [6.45, 7) is 6.93. The summed E-state index contributed by atoms with van der Waals surface area (Å²) in [6, 6.07) is 4.96. The Morgan fingerprint density at radius 1 is 1.54 bits per heavy atom. The number of rotatable bonds is 2. The lowest BCUT2D eigenvalue weighted by molar-refractivity contribution is 0.211. The minimum atomic E-state index is -0.903. The maximum atomic E-state index is 13.4. The van der Waals surface area contributed by atoms with Crippen LogP contribution in [0.1, 0.15) is 24.2 Å². The van der Waals surface area contributed by atoms with Crippen LogP contribution in [0, 0.1) is 12.7 Å². The van der Waals surface area contributed by atoms with Gasteiger partial charge in [0.25, 0.3) is 0 Å². The third-order valence-corrected chi connectivity index (χ3v) is 1.98. The van der Waals surface area contributed by atoms with Gasteiger partial charge in [-0.05, 0) is 25.0 Å². The first kappa shape index (κ1) is 9.93. The van der Waals surface area contributed by atoms with Crippen molar-refractivity contribution in [3.63, 3.8) is 0 Å². The largest absolute Gasteiger partial charge is 0.384 e. The topological polar surface area (TPSA) is 20.2 Å². The number of hydrogen-bond acceptors (Lipinski definition) is 1. The first-order valence-electron chi connectivity index (χ1n) is 4.12. The Hall–Kier alpha value is -1.15. The zero-order chi connectivity index (χ0) is 10.0. The lowest BCUT2D eigenvalue weighted by Gasteiger charge is -2.12. The molecule has 0 saturated carbocycles. The van der Waals surface area contributed by atoms with Crippen molar-refractivity contribution in [3.8, 4) is 0 Å². The molecular formula is C11H13FO. The van der Waals surface area contributed by atoms with E-state index >= 15 is 0 Å². The fourth-order valence-corrected chi connectivity index (χ4v) is 1.15. The highest BCUT2D eigenvalue weighted by Gasteiger charge is 2.13. The fraction of sp³-hybridized carbons (Fsp3) is 0.273.